The third-order valence-corrected chi connectivity index (χ3v) is 11.3. The molecule has 10 nitrogen and oxygen atoms in total. The monoisotopic (exact) mass is 804 g/mol. The fourth-order valence-electron chi connectivity index (χ4n) is 8.71. The SMILES string of the molecule is CCOc1cc(OCC)c2c(c1)C(=O)c1cccc(OCCCN3CCCC3)c1-2.CCOc1cc(OCC)c2c(c1)C(=O)c1cccc(OCCCN3CCCCC3)c1-2. The number of ether oxygens (including phenoxy) is 6. The topological polar surface area (TPSA) is 96.0 Å². The fraction of sp³-hybridized carbons (Fsp3) is 0.469. The number of rotatable bonds is 18. The van der Waals surface area contributed by atoms with Crippen LogP contribution in [0.5, 0.6) is 34.5 Å². The van der Waals surface area contributed by atoms with Crippen LogP contribution in [0.4, 0.5) is 0 Å². The number of carbonyl (C=O) groups is 2. The molecule has 2 fully saturated rings. The largest absolute Gasteiger partial charge is 0.494 e. The maximum atomic E-state index is 13.1. The lowest BCUT2D eigenvalue weighted by Gasteiger charge is -2.26. The second-order valence-electron chi connectivity index (χ2n) is 15.3. The van der Waals surface area contributed by atoms with Crippen molar-refractivity contribution in [2.24, 2.45) is 0 Å². The van der Waals surface area contributed by atoms with Crippen LogP contribution in [-0.4, -0.2) is 100 Å². The number of piperidine rings is 1. The third kappa shape index (κ3) is 9.55. The molecule has 2 aliphatic carbocycles. The molecule has 2 heterocycles. The van der Waals surface area contributed by atoms with Gasteiger partial charge in [0.2, 0.25) is 0 Å². The van der Waals surface area contributed by atoms with Crippen LogP contribution < -0.4 is 28.4 Å². The molecule has 314 valence electrons. The minimum Gasteiger partial charge on any atom is -0.494 e. The molecule has 0 unspecified atom stereocenters. The molecule has 0 spiro atoms. The molecule has 8 rings (SSSR count). The van der Waals surface area contributed by atoms with Gasteiger partial charge in [0, 0.05) is 69.7 Å². The van der Waals surface area contributed by atoms with Gasteiger partial charge in [-0.05, 0) is 117 Å². The number of fused-ring (bicyclic) bond motifs is 6. The Morgan fingerprint density at radius 2 is 0.831 bits per heavy atom. The highest BCUT2D eigenvalue weighted by atomic mass is 16.5. The van der Waals surface area contributed by atoms with Crippen LogP contribution in [0.15, 0.2) is 60.7 Å². The van der Waals surface area contributed by atoms with E-state index in [1.165, 1.54) is 58.3 Å². The third-order valence-electron chi connectivity index (χ3n) is 11.3. The molecule has 2 saturated heterocycles. The lowest BCUT2D eigenvalue weighted by molar-refractivity contribution is 0.103. The molecular formula is C49H60N2O8. The van der Waals surface area contributed by atoms with Crippen molar-refractivity contribution in [3.8, 4) is 56.8 Å². The standard InChI is InChI=1S/C25H31NO4.C24H29NO4/c1-3-28-18-16-20-24(22(17-18)29-4-2)23-19(25(20)27)10-8-11-21(23)30-15-9-14-26-12-6-5-7-13-26;1-3-27-17-15-19-23(21(16-17)28-4-2)22-18(24(19)26)9-7-10-20(22)29-14-8-13-25-11-5-6-12-25/h8,10-11,16-17H,3-7,9,12-15H2,1-2H3;7,9-10,15-16H,3-6,8,11-14H2,1-2H3. The molecule has 0 atom stereocenters. The summed E-state index contributed by atoms with van der Waals surface area (Å²) in [6.45, 7) is 18.0. The summed E-state index contributed by atoms with van der Waals surface area (Å²) in [7, 11) is 0. The van der Waals surface area contributed by atoms with Crippen LogP contribution in [0.3, 0.4) is 0 Å². The van der Waals surface area contributed by atoms with Crippen molar-refractivity contribution >= 4 is 11.6 Å². The summed E-state index contributed by atoms with van der Waals surface area (Å²) in [6, 6.07) is 18.8. The zero-order valence-electron chi connectivity index (χ0n) is 35.4. The summed E-state index contributed by atoms with van der Waals surface area (Å²) in [5, 5.41) is 0. The molecular weight excluding hydrogens is 745 g/mol. The molecule has 10 heteroatoms. The highest BCUT2D eigenvalue weighted by Gasteiger charge is 2.35. The number of hydrogen-bond donors (Lipinski definition) is 0. The van der Waals surface area contributed by atoms with Crippen LogP contribution in [0, 0.1) is 0 Å². The first kappa shape index (κ1) is 42.1. The molecule has 0 aromatic heterocycles. The highest BCUT2D eigenvalue weighted by molar-refractivity contribution is 6.24. The van der Waals surface area contributed by atoms with Gasteiger partial charge in [-0.3, -0.25) is 9.59 Å². The van der Waals surface area contributed by atoms with E-state index >= 15 is 0 Å². The van der Waals surface area contributed by atoms with Gasteiger partial charge in [0.05, 0.1) is 39.6 Å². The van der Waals surface area contributed by atoms with Gasteiger partial charge in [0.15, 0.2) is 11.6 Å². The summed E-state index contributed by atoms with van der Waals surface area (Å²) in [5.41, 5.74) is 5.95. The van der Waals surface area contributed by atoms with Gasteiger partial charge in [-0.1, -0.05) is 30.7 Å². The molecule has 2 aliphatic heterocycles. The summed E-state index contributed by atoms with van der Waals surface area (Å²) in [4.78, 5) is 31.2. The van der Waals surface area contributed by atoms with Gasteiger partial charge in [-0.2, -0.15) is 0 Å². The molecule has 4 aromatic rings. The zero-order valence-corrected chi connectivity index (χ0v) is 35.4. The molecule has 4 aliphatic rings. The Morgan fingerprint density at radius 1 is 0.441 bits per heavy atom. The minimum atomic E-state index is 0.0000212. The van der Waals surface area contributed by atoms with Gasteiger partial charge >= 0.3 is 0 Å². The maximum Gasteiger partial charge on any atom is 0.194 e. The predicted octanol–water partition coefficient (Wildman–Crippen LogP) is 9.51. The van der Waals surface area contributed by atoms with Crippen LogP contribution in [0.25, 0.3) is 22.3 Å². The van der Waals surface area contributed by atoms with Crippen LogP contribution in [0.2, 0.25) is 0 Å². The average Bonchev–Trinajstić information content (AvgIpc) is 3.96. The smallest absolute Gasteiger partial charge is 0.194 e. The van der Waals surface area contributed by atoms with E-state index in [4.69, 9.17) is 28.4 Å². The Balaban J connectivity index is 0.000000179. The number of hydrogen-bond acceptors (Lipinski definition) is 10. The second-order valence-corrected chi connectivity index (χ2v) is 15.3. The quantitative estimate of drug-likeness (QED) is 0.0782. The highest BCUT2D eigenvalue weighted by Crippen LogP contribution is 2.50. The van der Waals surface area contributed by atoms with Crippen LogP contribution in [-0.2, 0) is 0 Å². The van der Waals surface area contributed by atoms with E-state index in [0.29, 0.717) is 84.9 Å². The minimum absolute atomic E-state index is 0.0000212. The Morgan fingerprint density at radius 3 is 1.24 bits per heavy atom. The lowest BCUT2D eigenvalue weighted by atomic mass is 10.0. The van der Waals surface area contributed by atoms with E-state index < -0.39 is 0 Å². The van der Waals surface area contributed by atoms with Crippen molar-refractivity contribution in [1.29, 1.82) is 0 Å². The summed E-state index contributed by atoms with van der Waals surface area (Å²) in [6.07, 6.45) is 8.51. The maximum absolute atomic E-state index is 13.1. The van der Waals surface area contributed by atoms with Crippen molar-refractivity contribution < 1.29 is 38.0 Å². The van der Waals surface area contributed by atoms with Crippen LogP contribution in [0.1, 0.15) is 104 Å². The van der Waals surface area contributed by atoms with Gasteiger partial charge in [-0.15, -0.1) is 0 Å². The van der Waals surface area contributed by atoms with Crippen molar-refractivity contribution in [1.82, 2.24) is 9.80 Å². The average molecular weight is 805 g/mol. The number of nitrogens with zero attached hydrogens (tertiary/aromatic N) is 2. The summed E-state index contributed by atoms with van der Waals surface area (Å²) < 4.78 is 35.5. The number of benzene rings is 4. The van der Waals surface area contributed by atoms with Gasteiger partial charge in [-0.25, -0.2) is 0 Å². The number of ketones is 2. The number of carbonyl (C=O) groups excluding carboxylic acids is 2. The zero-order chi connectivity index (χ0) is 41.1. The Labute approximate surface area is 349 Å². The van der Waals surface area contributed by atoms with Crippen molar-refractivity contribution in [2.75, 3.05) is 78.9 Å². The molecule has 0 saturated carbocycles. The van der Waals surface area contributed by atoms with Gasteiger partial charge in [0.1, 0.15) is 34.5 Å². The molecule has 59 heavy (non-hydrogen) atoms. The van der Waals surface area contributed by atoms with Crippen LogP contribution >= 0.6 is 0 Å². The van der Waals surface area contributed by atoms with Gasteiger partial charge < -0.3 is 38.2 Å². The van der Waals surface area contributed by atoms with Crippen molar-refractivity contribution in [3.63, 3.8) is 0 Å². The summed E-state index contributed by atoms with van der Waals surface area (Å²) in [5.74, 6) is 4.17. The Kier molecular flexibility index (Phi) is 14.5. The van der Waals surface area contributed by atoms with E-state index in [0.717, 1.165) is 59.7 Å². The van der Waals surface area contributed by atoms with E-state index in [2.05, 4.69) is 9.80 Å². The second kappa shape index (κ2) is 20.3. The number of likely N-dealkylation sites (tertiary alicyclic amines) is 2. The van der Waals surface area contributed by atoms with E-state index in [9.17, 15) is 9.59 Å². The molecule has 4 aromatic carbocycles. The molecule has 0 N–H and O–H groups in total. The first-order valence-corrected chi connectivity index (χ1v) is 21.9. The first-order chi connectivity index (χ1) is 28.9. The first-order valence-electron chi connectivity index (χ1n) is 21.9. The van der Waals surface area contributed by atoms with Gasteiger partial charge in [0.25, 0.3) is 0 Å². The molecule has 0 radical (unpaired) electrons. The predicted molar refractivity (Wildman–Crippen MR) is 231 cm³/mol. The van der Waals surface area contributed by atoms with E-state index in [-0.39, 0.29) is 11.6 Å². The Bertz CT molecular complexity index is 2080. The molecule has 0 bridgehead atoms. The van der Waals surface area contributed by atoms with Crippen molar-refractivity contribution in [2.45, 2.75) is 72.6 Å². The normalized spacial score (nSPS) is 15.5. The van der Waals surface area contributed by atoms with E-state index in [1.807, 2.05) is 88.4 Å². The lowest BCUT2D eigenvalue weighted by Crippen LogP contribution is -2.31. The fourth-order valence-corrected chi connectivity index (χ4v) is 8.71. The molecule has 0 amide bonds. The Hall–Kier alpha value is -5.06. The summed E-state index contributed by atoms with van der Waals surface area (Å²) >= 11 is 0. The van der Waals surface area contributed by atoms with Crippen molar-refractivity contribution in [3.05, 3.63) is 82.9 Å². The van der Waals surface area contributed by atoms with E-state index in [1.54, 1.807) is 0 Å².